The van der Waals surface area contributed by atoms with E-state index in [4.69, 9.17) is 23.2 Å². The van der Waals surface area contributed by atoms with Crippen LogP contribution in [0.25, 0.3) is 0 Å². The Balaban J connectivity index is 2.26. The molecule has 0 bridgehead atoms. The summed E-state index contributed by atoms with van der Waals surface area (Å²) in [6, 6.07) is 5.23. The number of carbonyl (C=O) groups is 1. The van der Waals surface area contributed by atoms with Crippen molar-refractivity contribution >= 4 is 34.8 Å². The molecule has 2 N–H and O–H groups in total. The van der Waals surface area contributed by atoms with Gasteiger partial charge < -0.3 is 10.6 Å². The molecule has 0 aliphatic rings. The number of carbonyl (C=O) groups excluding carboxylic acids is 1. The molecular weight excluding hydrogens is 271 g/mol. The molecule has 0 aliphatic heterocycles. The largest absolute Gasteiger partial charge is 0.384 e. The summed E-state index contributed by atoms with van der Waals surface area (Å²) in [6.07, 6.45) is 2.54. The second-order valence-corrected chi connectivity index (χ2v) is 4.91. The van der Waals surface area contributed by atoms with Crippen molar-refractivity contribution in [3.8, 4) is 0 Å². The Morgan fingerprint density at radius 2 is 1.83 bits per heavy atom. The number of benzene rings is 1. The summed E-state index contributed by atoms with van der Waals surface area (Å²) in [6.45, 7) is 3.41. The molecule has 1 rings (SSSR count). The van der Waals surface area contributed by atoms with Crippen LogP contribution in [0.2, 0.25) is 10.0 Å². The molecule has 1 amide bonds. The number of anilines is 1. The van der Waals surface area contributed by atoms with Crippen LogP contribution in [-0.4, -0.2) is 19.0 Å². The minimum Gasteiger partial charge on any atom is -0.384 e. The molecule has 0 unspecified atom stereocenters. The molecule has 5 heteroatoms. The lowest BCUT2D eigenvalue weighted by Gasteiger charge is -2.08. The topological polar surface area (TPSA) is 41.1 Å². The van der Waals surface area contributed by atoms with E-state index in [0.29, 0.717) is 23.0 Å². The van der Waals surface area contributed by atoms with Crippen LogP contribution in [0.1, 0.15) is 26.2 Å². The van der Waals surface area contributed by atoms with Crippen LogP contribution in [0.5, 0.6) is 0 Å². The first-order valence-corrected chi connectivity index (χ1v) is 6.84. The molecule has 0 spiro atoms. The fourth-order valence-corrected chi connectivity index (χ4v) is 2.00. The quantitative estimate of drug-likeness (QED) is 0.751. The van der Waals surface area contributed by atoms with Gasteiger partial charge >= 0.3 is 0 Å². The van der Waals surface area contributed by atoms with Crippen molar-refractivity contribution in [1.29, 1.82) is 0 Å². The van der Waals surface area contributed by atoms with E-state index in [2.05, 4.69) is 17.6 Å². The highest BCUT2D eigenvalue weighted by atomic mass is 35.5. The maximum Gasteiger partial charge on any atom is 0.221 e. The van der Waals surface area contributed by atoms with E-state index < -0.39 is 0 Å². The average molecular weight is 289 g/mol. The van der Waals surface area contributed by atoms with Gasteiger partial charge in [0.15, 0.2) is 0 Å². The fraction of sp³-hybridized carbons (Fsp3) is 0.462. The third-order valence-corrected chi connectivity index (χ3v) is 2.83. The van der Waals surface area contributed by atoms with Gasteiger partial charge in [-0.25, -0.2) is 0 Å². The van der Waals surface area contributed by atoms with Crippen LogP contribution in [0.3, 0.4) is 0 Å². The van der Waals surface area contributed by atoms with Gasteiger partial charge in [-0.1, -0.05) is 36.5 Å². The molecule has 0 fully saturated rings. The first-order chi connectivity index (χ1) is 8.61. The Morgan fingerprint density at radius 1 is 1.17 bits per heavy atom. The Hall–Kier alpha value is -0.930. The molecule has 1 aromatic carbocycles. The third-order valence-electron chi connectivity index (χ3n) is 2.40. The summed E-state index contributed by atoms with van der Waals surface area (Å²) in [4.78, 5) is 11.4. The fourth-order valence-electron chi connectivity index (χ4n) is 1.47. The van der Waals surface area contributed by atoms with Gasteiger partial charge in [0.05, 0.1) is 0 Å². The van der Waals surface area contributed by atoms with E-state index >= 15 is 0 Å². The van der Waals surface area contributed by atoms with Crippen molar-refractivity contribution in [3.05, 3.63) is 28.2 Å². The van der Waals surface area contributed by atoms with Gasteiger partial charge in [0.25, 0.3) is 0 Å². The summed E-state index contributed by atoms with van der Waals surface area (Å²) in [5.74, 6) is 0.0593. The zero-order valence-corrected chi connectivity index (χ0v) is 11.9. The first kappa shape index (κ1) is 15.1. The second kappa shape index (κ2) is 8.22. The highest BCUT2D eigenvalue weighted by Gasteiger charge is 2.01. The van der Waals surface area contributed by atoms with Gasteiger partial charge in [-0.05, 0) is 24.6 Å². The normalized spacial score (nSPS) is 10.2. The molecule has 0 saturated carbocycles. The van der Waals surface area contributed by atoms with E-state index in [1.165, 1.54) is 0 Å². The monoisotopic (exact) mass is 288 g/mol. The van der Waals surface area contributed by atoms with Crippen molar-refractivity contribution in [3.63, 3.8) is 0 Å². The predicted octanol–water partition coefficient (Wildman–Crippen LogP) is 3.71. The summed E-state index contributed by atoms with van der Waals surface area (Å²) < 4.78 is 0. The van der Waals surface area contributed by atoms with Gasteiger partial charge in [-0.3, -0.25) is 4.79 Å². The SMILES string of the molecule is CCCCNC(=O)CCNc1cc(Cl)cc(Cl)c1. The third kappa shape index (κ3) is 6.12. The minimum absolute atomic E-state index is 0.0593. The highest BCUT2D eigenvalue weighted by Crippen LogP contribution is 2.22. The summed E-state index contributed by atoms with van der Waals surface area (Å²) >= 11 is 11.7. The Labute approximate surface area is 118 Å². The minimum atomic E-state index is 0.0593. The van der Waals surface area contributed by atoms with E-state index in [1.54, 1.807) is 18.2 Å². The van der Waals surface area contributed by atoms with E-state index in [1.807, 2.05) is 0 Å². The van der Waals surface area contributed by atoms with Crippen molar-refractivity contribution in [2.45, 2.75) is 26.2 Å². The van der Waals surface area contributed by atoms with Crippen LogP contribution < -0.4 is 10.6 Å². The second-order valence-electron chi connectivity index (χ2n) is 4.04. The molecule has 1 aromatic rings. The Bertz CT molecular complexity index is 376. The zero-order chi connectivity index (χ0) is 13.4. The number of hydrogen-bond acceptors (Lipinski definition) is 2. The predicted molar refractivity (Wildman–Crippen MR) is 77.5 cm³/mol. The van der Waals surface area contributed by atoms with Crippen molar-refractivity contribution in [2.75, 3.05) is 18.4 Å². The number of hydrogen-bond donors (Lipinski definition) is 2. The number of rotatable bonds is 7. The van der Waals surface area contributed by atoms with Gasteiger partial charge in [0.2, 0.25) is 5.91 Å². The van der Waals surface area contributed by atoms with Crippen LogP contribution in [0.15, 0.2) is 18.2 Å². The molecule has 0 saturated heterocycles. The number of unbranched alkanes of at least 4 members (excludes halogenated alkanes) is 1. The smallest absolute Gasteiger partial charge is 0.221 e. The van der Waals surface area contributed by atoms with Gasteiger partial charge in [0, 0.05) is 35.2 Å². The Kier molecular flexibility index (Phi) is 6.91. The van der Waals surface area contributed by atoms with Crippen molar-refractivity contribution in [2.24, 2.45) is 0 Å². The molecular formula is C13H18Cl2N2O. The van der Waals surface area contributed by atoms with Crippen LogP contribution in [0.4, 0.5) is 5.69 Å². The first-order valence-electron chi connectivity index (χ1n) is 6.08. The van der Waals surface area contributed by atoms with Crippen LogP contribution in [-0.2, 0) is 4.79 Å². The Morgan fingerprint density at radius 3 is 2.44 bits per heavy atom. The summed E-state index contributed by atoms with van der Waals surface area (Å²) in [7, 11) is 0. The summed E-state index contributed by atoms with van der Waals surface area (Å²) in [5.41, 5.74) is 0.828. The maximum absolute atomic E-state index is 11.4. The molecule has 0 atom stereocenters. The van der Waals surface area contributed by atoms with E-state index in [-0.39, 0.29) is 5.91 Å². The average Bonchev–Trinajstić information content (AvgIpc) is 2.28. The van der Waals surface area contributed by atoms with Crippen LogP contribution in [0, 0.1) is 0 Å². The number of amides is 1. The molecule has 0 aliphatic carbocycles. The van der Waals surface area contributed by atoms with Gasteiger partial charge in [0.1, 0.15) is 0 Å². The van der Waals surface area contributed by atoms with Crippen LogP contribution >= 0.6 is 23.2 Å². The highest BCUT2D eigenvalue weighted by molar-refractivity contribution is 6.35. The molecule has 0 radical (unpaired) electrons. The standard InChI is InChI=1S/C13H18Cl2N2O/c1-2-3-5-17-13(18)4-6-16-12-8-10(14)7-11(15)9-12/h7-9,16H,2-6H2,1H3,(H,17,18). The lowest BCUT2D eigenvalue weighted by molar-refractivity contribution is -0.120. The molecule has 0 aromatic heterocycles. The molecule has 100 valence electrons. The van der Waals surface area contributed by atoms with Crippen molar-refractivity contribution in [1.82, 2.24) is 5.32 Å². The molecule has 18 heavy (non-hydrogen) atoms. The molecule has 0 heterocycles. The number of halogens is 2. The van der Waals surface area contributed by atoms with Crippen molar-refractivity contribution < 1.29 is 4.79 Å². The number of nitrogens with one attached hydrogen (secondary N) is 2. The van der Waals surface area contributed by atoms with Gasteiger partial charge in [-0.15, -0.1) is 0 Å². The lowest BCUT2D eigenvalue weighted by atomic mass is 10.3. The molecule has 3 nitrogen and oxygen atoms in total. The maximum atomic E-state index is 11.4. The summed E-state index contributed by atoms with van der Waals surface area (Å²) in [5, 5.41) is 7.14. The van der Waals surface area contributed by atoms with Gasteiger partial charge in [-0.2, -0.15) is 0 Å². The van der Waals surface area contributed by atoms with E-state index in [0.717, 1.165) is 25.1 Å². The van der Waals surface area contributed by atoms with E-state index in [9.17, 15) is 4.79 Å². The lowest BCUT2D eigenvalue weighted by Crippen LogP contribution is -2.26. The zero-order valence-electron chi connectivity index (χ0n) is 10.4.